The number of nitro groups is 1. The first-order valence-electron chi connectivity index (χ1n) is 7.69. The number of nitro benzene ring substituents is 1. The van der Waals surface area contributed by atoms with E-state index in [1.807, 2.05) is 0 Å². The van der Waals surface area contributed by atoms with Crippen molar-refractivity contribution in [1.82, 2.24) is 0 Å². The summed E-state index contributed by atoms with van der Waals surface area (Å²) in [6, 6.07) is 9.20. The number of hydrogen-bond acceptors (Lipinski definition) is 6. The van der Waals surface area contributed by atoms with Crippen molar-refractivity contribution in [2.45, 2.75) is 18.7 Å². The van der Waals surface area contributed by atoms with Gasteiger partial charge in [-0.05, 0) is 49.7 Å². The van der Waals surface area contributed by atoms with Crippen LogP contribution in [0.4, 0.5) is 11.4 Å². The minimum absolute atomic E-state index is 0.0699. The zero-order chi connectivity index (χ0) is 19.5. The van der Waals surface area contributed by atoms with Crippen LogP contribution in [0.5, 0.6) is 0 Å². The maximum atomic E-state index is 12.8. The summed E-state index contributed by atoms with van der Waals surface area (Å²) in [5.74, 6) is -0.483. The fraction of sp³-hybridized carbons (Fsp3) is 0.235. The monoisotopic (exact) mass is 378 g/mol. The highest BCUT2D eigenvalue weighted by atomic mass is 32.2. The molecule has 0 aliphatic carbocycles. The second-order valence-corrected chi connectivity index (χ2v) is 7.41. The Hall–Kier alpha value is -2.94. The second-order valence-electron chi connectivity index (χ2n) is 5.45. The summed E-state index contributed by atoms with van der Waals surface area (Å²) in [4.78, 5) is 21.8. The average Bonchev–Trinajstić information content (AvgIpc) is 2.61. The summed E-state index contributed by atoms with van der Waals surface area (Å²) >= 11 is 0. The number of esters is 1. The lowest BCUT2D eigenvalue weighted by molar-refractivity contribution is -0.384. The fourth-order valence-electron chi connectivity index (χ4n) is 2.38. The van der Waals surface area contributed by atoms with Crippen molar-refractivity contribution in [3.8, 4) is 0 Å². The van der Waals surface area contributed by atoms with E-state index in [-0.39, 0.29) is 17.2 Å². The van der Waals surface area contributed by atoms with Crippen molar-refractivity contribution < 1.29 is 22.9 Å². The lowest BCUT2D eigenvalue weighted by atomic mass is 10.1. The molecule has 138 valence electrons. The molecule has 26 heavy (non-hydrogen) atoms. The third-order valence-electron chi connectivity index (χ3n) is 3.75. The fourth-order valence-corrected chi connectivity index (χ4v) is 3.64. The molecule has 0 saturated carbocycles. The molecule has 2 aromatic rings. The first-order valence-corrected chi connectivity index (χ1v) is 9.13. The summed E-state index contributed by atoms with van der Waals surface area (Å²) in [5, 5.41) is 10.7. The third-order valence-corrected chi connectivity index (χ3v) is 5.54. The minimum atomic E-state index is -3.91. The normalized spacial score (nSPS) is 11.0. The van der Waals surface area contributed by atoms with Crippen LogP contribution < -0.4 is 4.31 Å². The highest BCUT2D eigenvalue weighted by Crippen LogP contribution is 2.27. The first-order chi connectivity index (χ1) is 12.2. The zero-order valence-electron chi connectivity index (χ0n) is 14.5. The van der Waals surface area contributed by atoms with Crippen LogP contribution in [0, 0.1) is 17.0 Å². The van der Waals surface area contributed by atoms with Crippen molar-refractivity contribution in [2.24, 2.45) is 0 Å². The molecule has 0 N–H and O–H groups in total. The van der Waals surface area contributed by atoms with Crippen LogP contribution in [0.1, 0.15) is 22.8 Å². The Bertz CT molecular complexity index is 938. The van der Waals surface area contributed by atoms with Crippen LogP contribution >= 0.6 is 0 Å². The third kappa shape index (κ3) is 3.83. The molecular weight excluding hydrogens is 360 g/mol. The summed E-state index contributed by atoms with van der Waals surface area (Å²) in [7, 11) is -2.53. The van der Waals surface area contributed by atoms with Gasteiger partial charge in [-0.3, -0.25) is 14.4 Å². The zero-order valence-corrected chi connectivity index (χ0v) is 15.3. The van der Waals surface area contributed by atoms with Gasteiger partial charge in [-0.2, -0.15) is 0 Å². The molecule has 0 fully saturated rings. The van der Waals surface area contributed by atoms with Gasteiger partial charge < -0.3 is 4.74 Å². The SMILES string of the molecule is CCOC(=O)c1ccc(N(C)S(=O)(=O)c2ccc([N+](=O)[O-])cc2)c(C)c1. The van der Waals surface area contributed by atoms with Crippen LogP contribution in [0.3, 0.4) is 0 Å². The van der Waals surface area contributed by atoms with Crippen molar-refractivity contribution in [2.75, 3.05) is 18.0 Å². The van der Waals surface area contributed by atoms with E-state index in [2.05, 4.69) is 0 Å². The summed E-state index contributed by atoms with van der Waals surface area (Å²) in [6.07, 6.45) is 0. The van der Waals surface area contributed by atoms with Crippen LogP contribution in [0.15, 0.2) is 47.4 Å². The molecule has 0 saturated heterocycles. The summed E-state index contributed by atoms with van der Waals surface area (Å²) in [5.41, 5.74) is 1.09. The molecule has 0 atom stereocenters. The van der Waals surface area contributed by atoms with Crippen molar-refractivity contribution >= 4 is 27.4 Å². The quantitative estimate of drug-likeness (QED) is 0.435. The van der Waals surface area contributed by atoms with Crippen molar-refractivity contribution in [1.29, 1.82) is 0 Å². The first kappa shape index (κ1) is 19.4. The topological polar surface area (TPSA) is 107 Å². The molecule has 0 amide bonds. The van der Waals surface area contributed by atoms with E-state index in [0.29, 0.717) is 16.8 Å². The number of hydrogen-bond donors (Lipinski definition) is 0. The molecular formula is C17H18N2O6S. The molecule has 2 rings (SSSR count). The van der Waals surface area contributed by atoms with Gasteiger partial charge in [-0.15, -0.1) is 0 Å². The van der Waals surface area contributed by atoms with E-state index in [4.69, 9.17) is 4.74 Å². The van der Waals surface area contributed by atoms with Crippen LogP contribution in [0.2, 0.25) is 0 Å². The molecule has 0 radical (unpaired) electrons. The van der Waals surface area contributed by atoms with Crippen molar-refractivity contribution in [3.63, 3.8) is 0 Å². The van der Waals surface area contributed by atoms with Gasteiger partial charge in [0.15, 0.2) is 0 Å². The standard InChI is InChI=1S/C17H18N2O6S/c1-4-25-17(20)13-5-10-16(12(2)11-13)18(3)26(23,24)15-8-6-14(7-9-15)19(21)22/h5-11H,4H2,1-3H3. The number of carbonyl (C=O) groups is 1. The number of ether oxygens (including phenoxy) is 1. The summed E-state index contributed by atoms with van der Waals surface area (Å²) in [6.45, 7) is 3.62. The molecule has 0 bridgehead atoms. The molecule has 0 spiro atoms. The van der Waals surface area contributed by atoms with Gasteiger partial charge in [0, 0.05) is 19.2 Å². The Morgan fingerprint density at radius 1 is 1.19 bits per heavy atom. The second kappa shape index (κ2) is 7.52. The van der Waals surface area contributed by atoms with Gasteiger partial charge in [0.1, 0.15) is 0 Å². The predicted octanol–water partition coefficient (Wildman–Crippen LogP) is 2.91. The number of non-ortho nitro benzene ring substituents is 1. The predicted molar refractivity (Wildman–Crippen MR) is 95.8 cm³/mol. The minimum Gasteiger partial charge on any atom is -0.462 e. The number of sulfonamides is 1. The number of anilines is 1. The summed E-state index contributed by atoms with van der Waals surface area (Å²) < 4.78 is 31.5. The average molecular weight is 378 g/mol. The van der Waals surface area contributed by atoms with Crippen LogP contribution in [-0.2, 0) is 14.8 Å². The largest absolute Gasteiger partial charge is 0.462 e. The van der Waals surface area contributed by atoms with Gasteiger partial charge in [-0.1, -0.05) is 0 Å². The Labute approximate surface area is 151 Å². The Morgan fingerprint density at radius 2 is 1.81 bits per heavy atom. The van der Waals surface area contributed by atoms with Crippen molar-refractivity contribution in [3.05, 3.63) is 63.7 Å². The number of carbonyl (C=O) groups excluding carboxylic acids is 1. The van der Waals surface area contributed by atoms with Crippen LogP contribution in [0.25, 0.3) is 0 Å². The smallest absolute Gasteiger partial charge is 0.338 e. The van der Waals surface area contributed by atoms with E-state index in [0.717, 1.165) is 16.4 Å². The van der Waals surface area contributed by atoms with E-state index in [1.54, 1.807) is 19.9 Å². The van der Waals surface area contributed by atoms with E-state index in [1.165, 1.54) is 31.3 Å². The maximum absolute atomic E-state index is 12.8. The lowest BCUT2D eigenvalue weighted by Crippen LogP contribution is -2.27. The van der Waals surface area contributed by atoms with Crippen LogP contribution in [-0.4, -0.2) is 33.0 Å². The molecule has 0 aliphatic rings. The van der Waals surface area contributed by atoms with Gasteiger partial charge in [0.25, 0.3) is 15.7 Å². The Morgan fingerprint density at radius 3 is 2.31 bits per heavy atom. The van der Waals surface area contributed by atoms with E-state index in [9.17, 15) is 23.3 Å². The number of rotatable bonds is 6. The van der Waals surface area contributed by atoms with E-state index >= 15 is 0 Å². The van der Waals surface area contributed by atoms with Gasteiger partial charge in [0.2, 0.25) is 0 Å². The van der Waals surface area contributed by atoms with E-state index < -0.39 is 20.9 Å². The molecule has 0 heterocycles. The molecule has 0 unspecified atom stereocenters. The number of nitrogens with zero attached hydrogens (tertiary/aromatic N) is 2. The Balaban J connectivity index is 2.36. The number of aryl methyl sites for hydroxylation is 1. The highest BCUT2D eigenvalue weighted by Gasteiger charge is 2.24. The lowest BCUT2D eigenvalue weighted by Gasteiger charge is -2.21. The van der Waals surface area contributed by atoms with Gasteiger partial charge in [0.05, 0.1) is 27.7 Å². The van der Waals surface area contributed by atoms with Gasteiger partial charge in [-0.25, -0.2) is 13.2 Å². The molecule has 0 aliphatic heterocycles. The van der Waals surface area contributed by atoms with Gasteiger partial charge >= 0.3 is 5.97 Å². The highest BCUT2D eigenvalue weighted by molar-refractivity contribution is 7.92. The maximum Gasteiger partial charge on any atom is 0.338 e. The number of benzene rings is 2. The molecule has 9 heteroatoms. The Kier molecular flexibility index (Phi) is 5.61. The molecule has 0 aromatic heterocycles. The molecule has 2 aromatic carbocycles. The molecule has 8 nitrogen and oxygen atoms in total.